The van der Waals surface area contributed by atoms with Gasteiger partial charge in [-0.3, -0.25) is 4.79 Å². The number of hydrogen-bond donors (Lipinski definition) is 1. The summed E-state index contributed by atoms with van der Waals surface area (Å²) in [6.07, 6.45) is 4.54. The smallest absolute Gasteiger partial charge is 0.255 e. The lowest BCUT2D eigenvalue weighted by Crippen LogP contribution is -2.13. The van der Waals surface area contributed by atoms with E-state index < -0.39 is 0 Å². The highest BCUT2D eigenvalue weighted by molar-refractivity contribution is 6.06. The SMILES string of the molecule is O=C(Nc1ccccc1-c1ccccc1)c1ccnc(-n2cncn2)c1. The van der Waals surface area contributed by atoms with E-state index in [1.165, 1.54) is 17.3 Å². The zero-order chi connectivity index (χ0) is 17.8. The number of hydrogen-bond acceptors (Lipinski definition) is 4. The number of nitrogens with zero attached hydrogens (tertiary/aromatic N) is 4. The number of carbonyl (C=O) groups is 1. The lowest BCUT2D eigenvalue weighted by atomic mass is 10.0. The van der Waals surface area contributed by atoms with Crippen LogP contribution >= 0.6 is 0 Å². The monoisotopic (exact) mass is 341 g/mol. The van der Waals surface area contributed by atoms with Gasteiger partial charge in [-0.05, 0) is 23.8 Å². The van der Waals surface area contributed by atoms with Gasteiger partial charge in [0.2, 0.25) is 0 Å². The van der Waals surface area contributed by atoms with Gasteiger partial charge in [-0.15, -0.1) is 0 Å². The molecule has 1 N–H and O–H groups in total. The third-order valence-corrected chi connectivity index (χ3v) is 3.92. The standard InChI is InChI=1S/C20H15N5O/c26-20(16-10-11-22-19(12-16)25-14-21-13-23-25)24-18-9-5-4-8-17(18)15-6-2-1-3-7-15/h1-14H,(H,24,26). The second-order valence-corrected chi connectivity index (χ2v) is 5.61. The summed E-state index contributed by atoms with van der Waals surface area (Å²) in [6, 6.07) is 21.0. The second-order valence-electron chi connectivity index (χ2n) is 5.61. The van der Waals surface area contributed by atoms with Crippen molar-refractivity contribution >= 4 is 11.6 Å². The fourth-order valence-electron chi connectivity index (χ4n) is 2.67. The number of carbonyl (C=O) groups excluding carboxylic acids is 1. The Bertz CT molecular complexity index is 1030. The summed E-state index contributed by atoms with van der Waals surface area (Å²) >= 11 is 0. The quantitative estimate of drug-likeness (QED) is 0.616. The lowest BCUT2D eigenvalue weighted by molar-refractivity contribution is 0.102. The van der Waals surface area contributed by atoms with Crippen molar-refractivity contribution < 1.29 is 4.79 Å². The summed E-state index contributed by atoms with van der Waals surface area (Å²) in [7, 11) is 0. The Hall–Kier alpha value is -3.80. The summed E-state index contributed by atoms with van der Waals surface area (Å²) in [5, 5.41) is 7.02. The van der Waals surface area contributed by atoms with E-state index in [2.05, 4.69) is 20.4 Å². The molecule has 126 valence electrons. The molecule has 2 heterocycles. The van der Waals surface area contributed by atoms with E-state index in [0.717, 1.165) is 16.8 Å². The number of nitrogens with one attached hydrogen (secondary N) is 1. The third-order valence-electron chi connectivity index (χ3n) is 3.92. The summed E-state index contributed by atoms with van der Waals surface area (Å²) < 4.78 is 1.51. The van der Waals surface area contributed by atoms with Crippen LogP contribution in [0.25, 0.3) is 16.9 Å². The zero-order valence-electron chi connectivity index (χ0n) is 13.8. The predicted molar refractivity (Wildman–Crippen MR) is 99.0 cm³/mol. The van der Waals surface area contributed by atoms with Crippen molar-refractivity contribution in [1.29, 1.82) is 0 Å². The van der Waals surface area contributed by atoms with Gasteiger partial charge in [-0.1, -0.05) is 48.5 Å². The maximum atomic E-state index is 12.7. The molecule has 0 aliphatic heterocycles. The van der Waals surface area contributed by atoms with Crippen molar-refractivity contribution in [1.82, 2.24) is 19.7 Å². The zero-order valence-corrected chi connectivity index (χ0v) is 13.8. The van der Waals surface area contributed by atoms with Gasteiger partial charge in [0.25, 0.3) is 5.91 Å². The van der Waals surface area contributed by atoms with Gasteiger partial charge in [0, 0.05) is 23.0 Å². The van der Waals surface area contributed by atoms with Crippen LogP contribution in [-0.4, -0.2) is 25.7 Å². The van der Waals surface area contributed by atoms with E-state index in [4.69, 9.17) is 0 Å². The molecule has 0 bridgehead atoms. The van der Waals surface area contributed by atoms with E-state index in [0.29, 0.717) is 11.4 Å². The molecule has 0 saturated carbocycles. The Morgan fingerprint density at radius 3 is 2.58 bits per heavy atom. The van der Waals surface area contributed by atoms with Crippen LogP contribution in [0.1, 0.15) is 10.4 Å². The van der Waals surface area contributed by atoms with E-state index >= 15 is 0 Å². The Balaban J connectivity index is 1.63. The van der Waals surface area contributed by atoms with Crippen LogP contribution in [0, 0.1) is 0 Å². The summed E-state index contributed by atoms with van der Waals surface area (Å²) in [4.78, 5) is 20.8. The molecule has 0 fully saturated rings. The number of para-hydroxylation sites is 1. The van der Waals surface area contributed by atoms with Crippen molar-refractivity contribution in [2.45, 2.75) is 0 Å². The van der Waals surface area contributed by atoms with Gasteiger partial charge >= 0.3 is 0 Å². The molecule has 0 radical (unpaired) electrons. The number of aromatic nitrogens is 4. The first-order chi connectivity index (χ1) is 12.8. The molecule has 0 atom stereocenters. The maximum absolute atomic E-state index is 12.7. The average molecular weight is 341 g/mol. The molecule has 0 aliphatic rings. The molecule has 2 aromatic heterocycles. The summed E-state index contributed by atoms with van der Waals surface area (Å²) in [6.45, 7) is 0. The van der Waals surface area contributed by atoms with E-state index in [-0.39, 0.29) is 5.91 Å². The van der Waals surface area contributed by atoms with E-state index in [1.807, 2.05) is 54.6 Å². The fraction of sp³-hybridized carbons (Fsp3) is 0. The van der Waals surface area contributed by atoms with Crippen molar-refractivity contribution in [2.75, 3.05) is 5.32 Å². The maximum Gasteiger partial charge on any atom is 0.255 e. The first-order valence-corrected chi connectivity index (χ1v) is 8.08. The minimum atomic E-state index is -0.211. The highest BCUT2D eigenvalue weighted by Gasteiger charge is 2.11. The van der Waals surface area contributed by atoms with Crippen molar-refractivity contribution in [3.05, 3.63) is 91.1 Å². The van der Waals surface area contributed by atoms with Gasteiger partial charge in [0.05, 0.1) is 0 Å². The normalized spacial score (nSPS) is 10.5. The topological polar surface area (TPSA) is 72.7 Å². The van der Waals surface area contributed by atoms with Crippen LogP contribution in [0.5, 0.6) is 0 Å². The molecular formula is C20H15N5O. The van der Waals surface area contributed by atoms with Gasteiger partial charge in [-0.25, -0.2) is 14.6 Å². The van der Waals surface area contributed by atoms with E-state index in [9.17, 15) is 4.79 Å². The molecular weight excluding hydrogens is 326 g/mol. The Morgan fingerprint density at radius 2 is 1.77 bits per heavy atom. The van der Waals surface area contributed by atoms with Crippen molar-refractivity contribution in [2.24, 2.45) is 0 Å². The largest absolute Gasteiger partial charge is 0.321 e. The highest BCUT2D eigenvalue weighted by atomic mass is 16.1. The minimum absolute atomic E-state index is 0.211. The molecule has 0 spiro atoms. The Kier molecular flexibility index (Phi) is 4.22. The summed E-state index contributed by atoms with van der Waals surface area (Å²) in [5.74, 6) is 0.323. The number of benzene rings is 2. The molecule has 1 amide bonds. The van der Waals surface area contributed by atoms with Crippen LogP contribution in [0.2, 0.25) is 0 Å². The van der Waals surface area contributed by atoms with Gasteiger partial charge in [0.15, 0.2) is 5.82 Å². The minimum Gasteiger partial charge on any atom is -0.321 e. The summed E-state index contributed by atoms with van der Waals surface area (Å²) in [5.41, 5.74) is 3.25. The first kappa shape index (κ1) is 15.7. The molecule has 4 aromatic rings. The van der Waals surface area contributed by atoms with Crippen molar-refractivity contribution in [3.8, 4) is 16.9 Å². The highest BCUT2D eigenvalue weighted by Crippen LogP contribution is 2.27. The first-order valence-electron chi connectivity index (χ1n) is 8.08. The van der Waals surface area contributed by atoms with Crippen LogP contribution in [0.3, 0.4) is 0 Å². The van der Waals surface area contributed by atoms with Crippen LogP contribution in [-0.2, 0) is 0 Å². The number of pyridine rings is 1. The number of amides is 1. The second kappa shape index (κ2) is 6.98. The fourth-order valence-corrected chi connectivity index (χ4v) is 2.67. The van der Waals surface area contributed by atoms with Crippen LogP contribution < -0.4 is 5.32 Å². The average Bonchev–Trinajstić information content (AvgIpc) is 3.24. The van der Waals surface area contributed by atoms with Crippen LogP contribution in [0.15, 0.2) is 85.6 Å². The third kappa shape index (κ3) is 3.21. The Labute approximate surface area is 150 Å². The van der Waals surface area contributed by atoms with E-state index in [1.54, 1.807) is 18.3 Å². The molecule has 6 nitrogen and oxygen atoms in total. The molecule has 4 rings (SSSR count). The van der Waals surface area contributed by atoms with Crippen molar-refractivity contribution in [3.63, 3.8) is 0 Å². The number of anilines is 1. The molecule has 0 unspecified atom stereocenters. The molecule has 0 saturated heterocycles. The molecule has 6 heteroatoms. The lowest BCUT2D eigenvalue weighted by Gasteiger charge is -2.11. The number of rotatable bonds is 4. The molecule has 26 heavy (non-hydrogen) atoms. The molecule has 0 aliphatic carbocycles. The van der Waals surface area contributed by atoms with Crippen LogP contribution in [0.4, 0.5) is 5.69 Å². The molecule has 2 aromatic carbocycles. The van der Waals surface area contributed by atoms with Gasteiger partial charge in [0.1, 0.15) is 12.7 Å². The van der Waals surface area contributed by atoms with Gasteiger partial charge < -0.3 is 5.32 Å². The van der Waals surface area contributed by atoms with Gasteiger partial charge in [-0.2, -0.15) is 5.10 Å². The predicted octanol–water partition coefficient (Wildman–Crippen LogP) is 3.58. The Morgan fingerprint density at radius 1 is 0.962 bits per heavy atom.